The number of benzene rings is 2. The highest BCUT2D eigenvalue weighted by Gasteiger charge is 2.14. The minimum Gasteiger partial charge on any atom is -0.493 e. The molecule has 0 saturated carbocycles. The zero-order valence-corrected chi connectivity index (χ0v) is 19.9. The van der Waals surface area contributed by atoms with Gasteiger partial charge in [0.15, 0.2) is 16.3 Å². The molecule has 0 saturated heterocycles. The molecule has 1 amide bonds. The van der Waals surface area contributed by atoms with E-state index in [9.17, 15) is 13.2 Å². The number of carbonyl (C=O) groups excluding carboxylic acids is 1. The van der Waals surface area contributed by atoms with Crippen LogP contribution in [0.4, 0.5) is 0 Å². The predicted molar refractivity (Wildman–Crippen MR) is 127 cm³/mol. The third kappa shape index (κ3) is 5.33. The first-order valence-electron chi connectivity index (χ1n) is 9.55. The van der Waals surface area contributed by atoms with Crippen molar-refractivity contribution in [3.63, 3.8) is 0 Å². The fraction of sp³-hybridized carbons (Fsp3) is 0.182. The molecule has 0 spiro atoms. The third-order valence-corrected chi connectivity index (χ3v) is 6.56. The Kier molecular flexibility index (Phi) is 7.36. The summed E-state index contributed by atoms with van der Waals surface area (Å²) in [5.41, 5.74) is 1.37. The number of aromatic nitrogens is 1. The maximum absolute atomic E-state index is 12.6. The molecule has 3 aromatic rings. The lowest BCUT2D eigenvalue weighted by Gasteiger charge is -2.12. The van der Waals surface area contributed by atoms with Gasteiger partial charge in [-0.25, -0.2) is 13.6 Å². The molecule has 0 fully saturated rings. The van der Waals surface area contributed by atoms with Crippen molar-refractivity contribution in [2.75, 3.05) is 21.3 Å². The van der Waals surface area contributed by atoms with Gasteiger partial charge in [-0.2, -0.15) is 4.99 Å². The maximum atomic E-state index is 12.6. The SMILES string of the molecule is C=CCn1c(=NC(=O)C=Cc2cc(OC)c(OC)c(OC)c2)sc2cc(S(N)(=O)=O)ccc21. The molecular formula is C22H23N3O6S2. The first-order chi connectivity index (χ1) is 15.7. The van der Waals surface area contributed by atoms with Gasteiger partial charge in [-0.3, -0.25) is 4.79 Å². The van der Waals surface area contributed by atoms with Crippen molar-refractivity contribution in [3.05, 3.63) is 59.4 Å². The Morgan fingerprint density at radius 1 is 1.15 bits per heavy atom. The molecule has 3 rings (SSSR count). The van der Waals surface area contributed by atoms with Crippen molar-refractivity contribution < 1.29 is 27.4 Å². The zero-order valence-electron chi connectivity index (χ0n) is 18.3. The number of amides is 1. The highest BCUT2D eigenvalue weighted by molar-refractivity contribution is 7.89. The topological polar surface area (TPSA) is 122 Å². The van der Waals surface area contributed by atoms with Crippen molar-refractivity contribution in [3.8, 4) is 17.2 Å². The molecule has 1 heterocycles. The van der Waals surface area contributed by atoms with Crippen LogP contribution in [0.15, 0.2) is 59.0 Å². The molecule has 11 heteroatoms. The Labute approximate surface area is 195 Å². The van der Waals surface area contributed by atoms with Crippen LogP contribution in [-0.4, -0.2) is 40.2 Å². The average molecular weight is 490 g/mol. The van der Waals surface area contributed by atoms with E-state index in [-0.39, 0.29) is 4.90 Å². The number of hydrogen-bond donors (Lipinski definition) is 1. The van der Waals surface area contributed by atoms with Gasteiger partial charge in [0, 0.05) is 12.6 Å². The molecule has 0 aliphatic carbocycles. The van der Waals surface area contributed by atoms with Gasteiger partial charge in [-0.1, -0.05) is 17.4 Å². The Morgan fingerprint density at radius 3 is 2.36 bits per heavy atom. The summed E-state index contributed by atoms with van der Waals surface area (Å²) < 4.78 is 41.7. The number of fused-ring (bicyclic) bond motifs is 1. The van der Waals surface area contributed by atoms with Crippen LogP contribution in [0.25, 0.3) is 16.3 Å². The molecule has 1 aromatic heterocycles. The molecule has 0 unspecified atom stereocenters. The molecule has 0 atom stereocenters. The summed E-state index contributed by atoms with van der Waals surface area (Å²) in [4.78, 5) is 17.2. The first-order valence-corrected chi connectivity index (χ1v) is 11.9. The van der Waals surface area contributed by atoms with E-state index >= 15 is 0 Å². The number of sulfonamides is 1. The monoisotopic (exact) mass is 489 g/mol. The molecule has 2 aromatic carbocycles. The quantitative estimate of drug-likeness (QED) is 0.383. The van der Waals surface area contributed by atoms with Crippen molar-refractivity contribution in [2.45, 2.75) is 11.4 Å². The minimum absolute atomic E-state index is 0.0119. The second-order valence-electron chi connectivity index (χ2n) is 6.70. The lowest BCUT2D eigenvalue weighted by Crippen LogP contribution is -2.15. The third-order valence-electron chi connectivity index (χ3n) is 4.61. The number of methoxy groups -OCH3 is 3. The van der Waals surface area contributed by atoms with E-state index in [1.165, 1.54) is 50.9 Å². The van der Waals surface area contributed by atoms with Crippen LogP contribution >= 0.6 is 11.3 Å². The average Bonchev–Trinajstić information content (AvgIpc) is 3.12. The van der Waals surface area contributed by atoms with Gasteiger partial charge < -0.3 is 18.8 Å². The fourth-order valence-electron chi connectivity index (χ4n) is 3.12. The number of carbonyl (C=O) groups is 1. The molecule has 2 N–H and O–H groups in total. The lowest BCUT2D eigenvalue weighted by molar-refractivity contribution is -0.113. The van der Waals surface area contributed by atoms with Crippen LogP contribution in [0.1, 0.15) is 5.56 Å². The molecule has 174 valence electrons. The van der Waals surface area contributed by atoms with E-state index < -0.39 is 15.9 Å². The van der Waals surface area contributed by atoms with E-state index in [1.54, 1.807) is 34.9 Å². The second kappa shape index (κ2) is 10.0. The largest absolute Gasteiger partial charge is 0.493 e. The fourth-order valence-corrected chi connectivity index (χ4v) is 4.82. The highest BCUT2D eigenvalue weighted by atomic mass is 32.2. The Bertz CT molecular complexity index is 1390. The van der Waals surface area contributed by atoms with Crippen LogP contribution in [-0.2, 0) is 21.4 Å². The van der Waals surface area contributed by atoms with Crippen LogP contribution in [0.2, 0.25) is 0 Å². The van der Waals surface area contributed by atoms with Crippen LogP contribution in [0, 0.1) is 0 Å². The summed E-state index contributed by atoms with van der Waals surface area (Å²) in [6.45, 7) is 4.12. The number of hydrogen-bond acceptors (Lipinski definition) is 7. The van der Waals surface area contributed by atoms with Gasteiger partial charge in [0.25, 0.3) is 5.91 Å². The van der Waals surface area contributed by atoms with Crippen LogP contribution in [0.5, 0.6) is 17.2 Å². The highest BCUT2D eigenvalue weighted by Crippen LogP contribution is 2.38. The van der Waals surface area contributed by atoms with Crippen LogP contribution < -0.4 is 24.2 Å². The van der Waals surface area contributed by atoms with E-state index in [2.05, 4.69) is 11.6 Å². The predicted octanol–water partition coefficient (Wildman–Crippen LogP) is 2.70. The minimum atomic E-state index is -3.85. The van der Waals surface area contributed by atoms with Crippen LogP contribution in [0.3, 0.4) is 0 Å². The van der Waals surface area contributed by atoms with Gasteiger partial charge in [0.1, 0.15) is 0 Å². The summed E-state index contributed by atoms with van der Waals surface area (Å²) >= 11 is 1.18. The summed E-state index contributed by atoms with van der Waals surface area (Å²) in [6.07, 6.45) is 4.56. The number of nitrogens with zero attached hydrogens (tertiary/aromatic N) is 2. The Morgan fingerprint density at radius 2 is 1.82 bits per heavy atom. The zero-order chi connectivity index (χ0) is 24.2. The van der Waals surface area contributed by atoms with Gasteiger partial charge >= 0.3 is 0 Å². The van der Waals surface area contributed by atoms with Gasteiger partial charge in [0.05, 0.1) is 36.4 Å². The number of thiazole rings is 1. The summed E-state index contributed by atoms with van der Waals surface area (Å²) in [5, 5.41) is 5.23. The molecule has 33 heavy (non-hydrogen) atoms. The van der Waals surface area contributed by atoms with Gasteiger partial charge in [0.2, 0.25) is 15.8 Å². The normalized spacial score (nSPS) is 12.3. The van der Waals surface area contributed by atoms with E-state index in [0.29, 0.717) is 44.4 Å². The number of allylic oxidation sites excluding steroid dienone is 1. The number of primary sulfonamides is 1. The molecule has 0 aliphatic rings. The van der Waals surface area contributed by atoms with Crippen molar-refractivity contribution in [1.82, 2.24) is 4.57 Å². The first kappa shape index (κ1) is 24.2. The molecule has 0 bridgehead atoms. The number of ether oxygens (including phenoxy) is 3. The van der Waals surface area contributed by atoms with Crippen molar-refractivity contribution in [2.24, 2.45) is 10.1 Å². The van der Waals surface area contributed by atoms with Crippen molar-refractivity contribution in [1.29, 1.82) is 0 Å². The van der Waals surface area contributed by atoms with E-state index in [4.69, 9.17) is 19.3 Å². The lowest BCUT2D eigenvalue weighted by atomic mass is 10.1. The number of nitrogens with two attached hydrogens (primary N) is 1. The van der Waals surface area contributed by atoms with Crippen molar-refractivity contribution >= 4 is 43.6 Å². The summed E-state index contributed by atoms with van der Waals surface area (Å²) in [6, 6.07) is 7.92. The smallest absolute Gasteiger partial charge is 0.272 e. The van der Waals surface area contributed by atoms with Gasteiger partial charge in [-0.15, -0.1) is 6.58 Å². The molecule has 0 radical (unpaired) electrons. The van der Waals surface area contributed by atoms with E-state index in [1.807, 2.05) is 0 Å². The Balaban J connectivity index is 2.01. The summed E-state index contributed by atoms with van der Waals surface area (Å²) in [7, 11) is 0.670. The second-order valence-corrected chi connectivity index (χ2v) is 9.27. The maximum Gasteiger partial charge on any atom is 0.272 e. The summed E-state index contributed by atoms with van der Waals surface area (Å²) in [5.74, 6) is 0.863. The standard InChI is InChI=1S/C22H23N3O6S2/c1-5-10-25-16-8-7-15(33(23,27)28)13-19(16)32-22(25)24-20(26)9-6-14-11-17(29-2)21(31-4)18(12-14)30-3/h5-9,11-13H,1,10H2,2-4H3,(H2,23,27,28). The van der Waals surface area contributed by atoms with E-state index in [0.717, 1.165) is 0 Å². The Hall–Kier alpha value is -3.41. The molecular weight excluding hydrogens is 466 g/mol. The molecule has 9 nitrogen and oxygen atoms in total. The molecule has 0 aliphatic heterocycles. The van der Waals surface area contributed by atoms with Gasteiger partial charge in [-0.05, 0) is 42.0 Å². The number of rotatable bonds is 8.